The normalized spacial score (nSPS) is 16.9. The Bertz CT molecular complexity index is 968. The van der Waals surface area contributed by atoms with E-state index in [1.54, 1.807) is 12.4 Å². The molecule has 0 N–H and O–H groups in total. The molecule has 0 saturated carbocycles. The molecule has 4 rings (SSSR count). The van der Waals surface area contributed by atoms with Crippen molar-refractivity contribution in [3.05, 3.63) is 47.9 Å². The fourth-order valence-corrected chi connectivity index (χ4v) is 3.45. The second-order valence-electron chi connectivity index (χ2n) is 7.15. The van der Waals surface area contributed by atoms with Crippen LogP contribution in [0.3, 0.4) is 0 Å². The second-order valence-corrected chi connectivity index (χ2v) is 7.15. The number of carbonyl (C=O) groups excluding carboxylic acids is 1. The van der Waals surface area contributed by atoms with Gasteiger partial charge in [0, 0.05) is 43.2 Å². The maximum absolute atomic E-state index is 12.6. The number of aromatic nitrogens is 5. The van der Waals surface area contributed by atoms with Gasteiger partial charge >= 0.3 is 0 Å². The van der Waals surface area contributed by atoms with Crippen LogP contribution in [0.15, 0.2) is 35.1 Å². The topological polar surface area (TPSA) is 99.2 Å². The predicted molar refractivity (Wildman–Crippen MR) is 104 cm³/mol. The molecule has 0 aliphatic carbocycles. The molecule has 29 heavy (non-hydrogen) atoms. The number of carbonyl (C=O) groups is 1. The lowest BCUT2D eigenvalue weighted by Gasteiger charge is -2.31. The van der Waals surface area contributed by atoms with E-state index in [4.69, 9.17) is 9.26 Å². The number of ether oxygens (including phenoxy) is 1. The van der Waals surface area contributed by atoms with Gasteiger partial charge in [0.05, 0.1) is 18.8 Å². The molecule has 152 valence electrons. The highest BCUT2D eigenvalue weighted by molar-refractivity contribution is 5.76. The maximum Gasteiger partial charge on any atom is 0.257 e. The summed E-state index contributed by atoms with van der Waals surface area (Å²) in [6.07, 6.45) is 4.16. The first-order valence-corrected chi connectivity index (χ1v) is 9.74. The first-order chi connectivity index (χ1) is 14.1. The molecule has 0 bridgehead atoms. The van der Waals surface area contributed by atoms with Gasteiger partial charge in [-0.2, -0.15) is 10.1 Å². The minimum atomic E-state index is -0.410. The molecule has 3 aromatic rings. The van der Waals surface area contributed by atoms with Gasteiger partial charge in [0.2, 0.25) is 11.7 Å². The van der Waals surface area contributed by atoms with Crippen molar-refractivity contribution in [3.63, 3.8) is 0 Å². The zero-order valence-corrected chi connectivity index (χ0v) is 16.6. The summed E-state index contributed by atoms with van der Waals surface area (Å²) >= 11 is 0. The largest absolute Gasteiger partial charge is 0.365 e. The standard InChI is InChI=1S/C20H24N6O3/c1-14-12-15(2)26(23-14)9-3-4-18(27)25-10-11-28-17(13-25)20-22-19(24-29-20)16-5-7-21-8-6-16/h5-8,12,17H,3-4,9-11,13H2,1-2H3/t17-/m1/s1. The molecule has 0 unspecified atom stereocenters. The summed E-state index contributed by atoms with van der Waals surface area (Å²) in [7, 11) is 0. The lowest BCUT2D eigenvalue weighted by molar-refractivity contribution is -0.140. The summed E-state index contributed by atoms with van der Waals surface area (Å²) in [6.45, 7) is 6.16. The molecular weight excluding hydrogens is 372 g/mol. The van der Waals surface area contributed by atoms with Crippen molar-refractivity contribution in [2.45, 2.75) is 39.3 Å². The zero-order chi connectivity index (χ0) is 20.2. The molecule has 3 aromatic heterocycles. The molecule has 1 aliphatic rings. The molecule has 1 fully saturated rings. The van der Waals surface area contributed by atoms with Crippen LogP contribution in [0.25, 0.3) is 11.4 Å². The first kappa shape index (κ1) is 19.3. The summed E-state index contributed by atoms with van der Waals surface area (Å²) in [4.78, 5) is 22.9. The molecule has 9 heteroatoms. The van der Waals surface area contributed by atoms with E-state index < -0.39 is 6.10 Å². The van der Waals surface area contributed by atoms with Gasteiger partial charge in [-0.05, 0) is 38.5 Å². The van der Waals surface area contributed by atoms with Gasteiger partial charge in [-0.3, -0.25) is 14.5 Å². The lowest BCUT2D eigenvalue weighted by atomic mass is 10.2. The van der Waals surface area contributed by atoms with Crippen LogP contribution in [0.2, 0.25) is 0 Å². The molecule has 9 nitrogen and oxygen atoms in total. The van der Waals surface area contributed by atoms with Crippen LogP contribution < -0.4 is 0 Å². The van der Waals surface area contributed by atoms with Crippen LogP contribution in [0, 0.1) is 13.8 Å². The SMILES string of the molecule is Cc1cc(C)n(CCCC(=O)N2CCO[C@@H](c3nc(-c4ccncc4)no3)C2)n1. The molecule has 1 atom stereocenters. The zero-order valence-electron chi connectivity index (χ0n) is 16.6. The van der Waals surface area contributed by atoms with Crippen molar-refractivity contribution >= 4 is 5.91 Å². The van der Waals surface area contributed by atoms with Crippen LogP contribution in [-0.2, 0) is 16.1 Å². The fourth-order valence-electron chi connectivity index (χ4n) is 3.45. The number of aryl methyl sites for hydroxylation is 3. The van der Waals surface area contributed by atoms with Gasteiger partial charge in [-0.15, -0.1) is 0 Å². The van der Waals surface area contributed by atoms with Gasteiger partial charge in [0.25, 0.3) is 5.89 Å². The number of hydrogen-bond donors (Lipinski definition) is 0. The van der Waals surface area contributed by atoms with Crippen molar-refractivity contribution in [1.82, 2.24) is 29.8 Å². The molecule has 1 saturated heterocycles. The highest BCUT2D eigenvalue weighted by Gasteiger charge is 2.29. The van der Waals surface area contributed by atoms with Crippen molar-refractivity contribution < 1.29 is 14.1 Å². The number of pyridine rings is 1. The van der Waals surface area contributed by atoms with E-state index in [1.807, 2.05) is 41.6 Å². The van der Waals surface area contributed by atoms with Gasteiger partial charge in [0.15, 0.2) is 6.10 Å². The molecule has 4 heterocycles. The highest BCUT2D eigenvalue weighted by Crippen LogP contribution is 2.24. The van der Waals surface area contributed by atoms with Crippen LogP contribution in [0.4, 0.5) is 0 Å². The molecular formula is C20H24N6O3. The Morgan fingerprint density at radius 3 is 2.86 bits per heavy atom. The predicted octanol–water partition coefficient (Wildman–Crippen LogP) is 2.33. The Hall–Kier alpha value is -3.07. The minimum Gasteiger partial charge on any atom is -0.365 e. The van der Waals surface area contributed by atoms with Crippen molar-refractivity contribution in [2.24, 2.45) is 0 Å². The van der Waals surface area contributed by atoms with E-state index in [-0.39, 0.29) is 5.91 Å². The summed E-state index contributed by atoms with van der Waals surface area (Å²) < 4.78 is 13.1. The number of morpholine rings is 1. The molecule has 0 aromatic carbocycles. The van der Waals surface area contributed by atoms with E-state index in [9.17, 15) is 4.79 Å². The molecule has 1 aliphatic heterocycles. The van der Waals surface area contributed by atoms with Crippen molar-refractivity contribution in [1.29, 1.82) is 0 Å². The monoisotopic (exact) mass is 396 g/mol. The highest BCUT2D eigenvalue weighted by atomic mass is 16.5. The molecule has 0 radical (unpaired) electrons. The quantitative estimate of drug-likeness (QED) is 0.630. The van der Waals surface area contributed by atoms with E-state index in [2.05, 4.69) is 20.2 Å². The summed E-state index contributed by atoms with van der Waals surface area (Å²) in [5.74, 6) is 0.977. The Morgan fingerprint density at radius 1 is 1.28 bits per heavy atom. The smallest absolute Gasteiger partial charge is 0.257 e. The molecule has 0 spiro atoms. The third-order valence-corrected chi connectivity index (χ3v) is 4.94. The van der Waals surface area contributed by atoms with Gasteiger partial charge in [0.1, 0.15) is 0 Å². The van der Waals surface area contributed by atoms with Gasteiger partial charge in [-0.25, -0.2) is 0 Å². The van der Waals surface area contributed by atoms with Crippen LogP contribution in [-0.4, -0.2) is 55.4 Å². The lowest BCUT2D eigenvalue weighted by Crippen LogP contribution is -2.42. The Kier molecular flexibility index (Phi) is 5.66. The average molecular weight is 396 g/mol. The Morgan fingerprint density at radius 2 is 2.10 bits per heavy atom. The van der Waals surface area contributed by atoms with Gasteiger partial charge in [-0.1, -0.05) is 5.16 Å². The third kappa shape index (κ3) is 4.51. The number of nitrogens with zero attached hydrogens (tertiary/aromatic N) is 6. The van der Waals surface area contributed by atoms with E-state index >= 15 is 0 Å². The number of rotatable bonds is 6. The average Bonchev–Trinajstić information content (AvgIpc) is 3.35. The van der Waals surface area contributed by atoms with Crippen LogP contribution in [0.1, 0.15) is 36.2 Å². The van der Waals surface area contributed by atoms with E-state index in [0.717, 1.165) is 29.9 Å². The van der Waals surface area contributed by atoms with Crippen molar-refractivity contribution in [3.8, 4) is 11.4 Å². The fraction of sp³-hybridized carbons (Fsp3) is 0.450. The third-order valence-electron chi connectivity index (χ3n) is 4.94. The number of hydrogen-bond acceptors (Lipinski definition) is 7. The second kappa shape index (κ2) is 8.52. The van der Waals surface area contributed by atoms with Crippen molar-refractivity contribution in [2.75, 3.05) is 19.7 Å². The van der Waals surface area contributed by atoms with E-state index in [0.29, 0.717) is 37.8 Å². The maximum atomic E-state index is 12.6. The first-order valence-electron chi connectivity index (χ1n) is 9.74. The summed E-state index contributed by atoms with van der Waals surface area (Å²) in [5.41, 5.74) is 2.93. The molecule has 1 amide bonds. The van der Waals surface area contributed by atoms with Crippen LogP contribution in [0.5, 0.6) is 0 Å². The van der Waals surface area contributed by atoms with Crippen LogP contribution >= 0.6 is 0 Å². The minimum absolute atomic E-state index is 0.105. The Balaban J connectivity index is 1.33. The Labute approximate surface area is 168 Å². The van der Waals surface area contributed by atoms with E-state index in [1.165, 1.54) is 0 Å². The van der Waals surface area contributed by atoms with Gasteiger partial charge < -0.3 is 14.2 Å². The number of amides is 1. The summed E-state index contributed by atoms with van der Waals surface area (Å²) in [6, 6.07) is 5.67. The summed E-state index contributed by atoms with van der Waals surface area (Å²) in [5, 5.41) is 8.46.